The maximum Gasteiger partial charge on any atom is 0.225 e. The van der Waals surface area contributed by atoms with Gasteiger partial charge in [0, 0.05) is 56.4 Å². The van der Waals surface area contributed by atoms with Gasteiger partial charge in [-0.05, 0) is 36.4 Å². The minimum absolute atomic E-state index is 0.000817. The van der Waals surface area contributed by atoms with Crippen LogP contribution in [0, 0.1) is 5.82 Å². The number of fused-ring (bicyclic) bond motifs is 1. The molecule has 2 aromatic carbocycles. The summed E-state index contributed by atoms with van der Waals surface area (Å²) in [6, 6.07) is 16.3. The van der Waals surface area contributed by atoms with E-state index in [1.54, 1.807) is 6.20 Å². The number of aromatic nitrogens is 1. The van der Waals surface area contributed by atoms with Gasteiger partial charge < -0.3 is 10.2 Å². The van der Waals surface area contributed by atoms with Gasteiger partial charge in [-0.3, -0.25) is 14.7 Å². The number of anilines is 2. The summed E-state index contributed by atoms with van der Waals surface area (Å²) in [6.45, 7) is 4.25. The summed E-state index contributed by atoms with van der Waals surface area (Å²) in [5, 5.41) is 4.00. The number of pyridine rings is 1. The largest absolute Gasteiger partial charge is 0.369 e. The van der Waals surface area contributed by atoms with Gasteiger partial charge in [0.15, 0.2) is 0 Å². The molecule has 0 atom stereocenters. The fourth-order valence-electron chi connectivity index (χ4n) is 3.56. The summed E-state index contributed by atoms with van der Waals surface area (Å²) in [4.78, 5) is 21.3. The Labute approximate surface area is 163 Å². The Morgan fingerprint density at radius 3 is 2.54 bits per heavy atom. The first-order valence-corrected chi connectivity index (χ1v) is 9.55. The van der Waals surface area contributed by atoms with Crippen LogP contribution in [0.4, 0.5) is 15.8 Å². The average Bonchev–Trinajstić information content (AvgIpc) is 2.74. The van der Waals surface area contributed by atoms with Crippen LogP contribution < -0.4 is 10.2 Å². The van der Waals surface area contributed by atoms with E-state index in [9.17, 15) is 9.18 Å². The van der Waals surface area contributed by atoms with Crippen LogP contribution in [-0.4, -0.2) is 48.5 Å². The van der Waals surface area contributed by atoms with E-state index in [0.29, 0.717) is 6.42 Å². The van der Waals surface area contributed by atoms with Crippen molar-refractivity contribution in [2.45, 2.75) is 6.42 Å². The summed E-state index contributed by atoms with van der Waals surface area (Å²) < 4.78 is 13.1. The van der Waals surface area contributed by atoms with Crippen LogP contribution in [-0.2, 0) is 4.79 Å². The van der Waals surface area contributed by atoms with Gasteiger partial charge in [0.1, 0.15) is 5.82 Å². The lowest BCUT2D eigenvalue weighted by Gasteiger charge is -2.36. The van der Waals surface area contributed by atoms with Crippen LogP contribution in [0.2, 0.25) is 0 Å². The third-order valence-electron chi connectivity index (χ3n) is 5.13. The number of nitrogens with zero attached hydrogens (tertiary/aromatic N) is 3. The van der Waals surface area contributed by atoms with Crippen molar-refractivity contribution in [2.24, 2.45) is 0 Å². The third-order valence-corrected chi connectivity index (χ3v) is 5.13. The first-order valence-electron chi connectivity index (χ1n) is 9.55. The molecular formula is C22H23FN4O. The van der Waals surface area contributed by atoms with Gasteiger partial charge in [0.25, 0.3) is 0 Å². The molecule has 0 spiro atoms. The van der Waals surface area contributed by atoms with Crippen LogP contribution in [0.25, 0.3) is 10.9 Å². The molecular weight excluding hydrogens is 355 g/mol. The Bertz CT molecular complexity index is 947. The lowest BCUT2D eigenvalue weighted by molar-refractivity contribution is -0.116. The van der Waals surface area contributed by atoms with Gasteiger partial charge in [-0.15, -0.1) is 0 Å². The lowest BCUT2D eigenvalue weighted by Crippen LogP contribution is -2.47. The summed E-state index contributed by atoms with van der Waals surface area (Å²) in [5.41, 5.74) is 2.61. The smallest absolute Gasteiger partial charge is 0.225 e. The van der Waals surface area contributed by atoms with E-state index in [-0.39, 0.29) is 11.7 Å². The first kappa shape index (κ1) is 18.4. The molecule has 144 valence electrons. The van der Waals surface area contributed by atoms with E-state index in [1.807, 2.05) is 42.5 Å². The predicted molar refractivity (Wildman–Crippen MR) is 110 cm³/mol. The highest BCUT2D eigenvalue weighted by Gasteiger charge is 2.18. The van der Waals surface area contributed by atoms with E-state index in [4.69, 9.17) is 0 Å². The topological polar surface area (TPSA) is 48.5 Å². The molecule has 1 aliphatic heterocycles. The van der Waals surface area contributed by atoms with Crippen molar-refractivity contribution >= 4 is 28.2 Å². The second kappa shape index (κ2) is 8.35. The van der Waals surface area contributed by atoms with Gasteiger partial charge in [-0.25, -0.2) is 4.39 Å². The molecule has 1 saturated heterocycles. The van der Waals surface area contributed by atoms with E-state index in [0.717, 1.165) is 55.0 Å². The molecule has 1 fully saturated rings. The Balaban J connectivity index is 1.27. The van der Waals surface area contributed by atoms with E-state index in [1.165, 1.54) is 12.1 Å². The van der Waals surface area contributed by atoms with E-state index in [2.05, 4.69) is 20.1 Å². The SMILES string of the molecule is O=C(CCN1CCN(c2ccc(F)cc2)CC1)Nc1cccc2cccnc12. The number of carbonyl (C=O) groups is 1. The van der Waals surface area contributed by atoms with Crippen LogP contribution in [0.1, 0.15) is 6.42 Å². The molecule has 1 amide bonds. The molecule has 28 heavy (non-hydrogen) atoms. The van der Waals surface area contributed by atoms with Gasteiger partial charge in [-0.2, -0.15) is 0 Å². The fraction of sp³-hybridized carbons (Fsp3) is 0.273. The molecule has 4 rings (SSSR count). The number of amides is 1. The normalized spacial score (nSPS) is 15.0. The standard InChI is InChI=1S/C22H23FN4O/c23-18-6-8-19(9-7-18)27-15-13-26(14-16-27)12-10-21(28)25-20-5-1-3-17-4-2-11-24-22(17)20/h1-9,11H,10,12-16H2,(H,25,28). The molecule has 0 radical (unpaired) electrons. The highest BCUT2D eigenvalue weighted by atomic mass is 19.1. The molecule has 0 saturated carbocycles. The molecule has 0 aliphatic carbocycles. The number of halogens is 1. The van der Waals surface area contributed by atoms with Crippen LogP contribution in [0.5, 0.6) is 0 Å². The fourth-order valence-corrected chi connectivity index (χ4v) is 3.56. The minimum Gasteiger partial charge on any atom is -0.369 e. The second-order valence-corrected chi connectivity index (χ2v) is 6.98. The monoisotopic (exact) mass is 378 g/mol. The Morgan fingerprint density at radius 2 is 1.75 bits per heavy atom. The molecule has 3 aromatic rings. The zero-order valence-corrected chi connectivity index (χ0v) is 15.6. The maximum atomic E-state index is 13.1. The van der Waals surface area contributed by atoms with E-state index >= 15 is 0 Å². The lowest BCUT2D eigenvalue weighted by atomic mass is 10.2. The van der Waals surface area contributed by atoms with Crippen molar-refractivity contribution in [3.8, 4) is 0 Å². The van der Waals surface area contributed by atoms with Crippen molar-refractivity contribution in [2.75, 3.05) is 42.9 Å². The second-order valence-electron chi connectivity index (χ2n) is 6.98. The van der Waals surface area contributed by atoms with Crippen molar-refractivity contribution < 1.29 is 9.18 Å². The van der Waals surface area contributed by atoms with Crippen molar-refractivity contribution in [1.82, 2.24) is 9.88 Å². The number of nitrogens with one attached hydrogen (secondary N) is 1. The zero-order chi connectivity index (χ0) is 19.3. The summed E-state index contributed by atoms with van der Waals surface area (Å²) in [7, 11) is 0. The Hall–Kier alpha value is -2.99. The number of carbonyl (C=O) groups excluding carboxylic acids is 1. The van der Waals surface area contributed by atoms with Crippen molar-refractivity contribution in [1.29, 1.82) is 0 Å². The summed E-state index contributed by atoms with van der Waals surface area (Å²) in [6.07, 6.45) is 2.18. The molecule has 0 bridgehead atoms. The van der Waals surface area contributed by atoms with Gasteiger partial charge in [0.05, 0.1) is 11.2 Å². The molecule has 0 unspecified atom stereocenters. The maximum absolute atomic E-state index is 13.1. The molecule has 5 nitrogen and oxygen atoms in total. The number of piperazine rings is 1. The summed E-state index contributed by atoms with van der Waals surface area (Å²) >= 11 is 0. The average molecular weight is 378 g/mol. The van der Waals surface area contributed by atoms with Gasteiger partial charge in [0.2, 0.25) is 5.91 Å². The molecule has 6 heteroatoms. The number of rotatable bonds is 5. The van der Waals surface area contributed by atoms with Crippen molar-refractivity contribution in [3.05, 3.63) is 66.6 Å². The number of benzene rings is 2. The quantitative estimate of drug-likeness (QED) is 0.738. The molecule has 1 N–H and O–H groups in total. The highest BCUT2D eigenvalue weighted by molar-refractivity contribution is 6.00. The first-order chi connectivity index (χ1) is 13.7. The third kappa shape index (κ3) is 4.28. The molecule has 1 aliphatic rings. The Kier molecular flexibility index (Phi) is 5.48. The summed E-state index contributed by atoms with van der Waals surface area (Å²) in [5.74, 6) is -0.214. The van der Waals surface area contributed by atoms with Crippen LogP contribution in [0.3, 0.4) is 0 Å². The van der Waals surface area contributed by atoms with Gasteiger partial charge in [-0.1, -0.05) is 18.2 Å². The predicted octanol–water partition coefficient (Wildman–Crippen LogP) is 3.52. The Morgan fingerprint density at radius 1 is 1.00 bits per heavy atom. The van der Waals surface area contributed by atoms with Crippen LogP contribution >= 0.6 is 0 Å². The number of hydrogen-bond acceptors (Lipinski definition) is 4. The highest BCUT2D eigenvalue weighted by Crippen LogP contribution is 2.21. The minimum atomic E-state index is -0.213. The zero-order valence-electron chi connectivity index (χ0n) is 15.6. The number of para-hydroxylation sites is 1. The van der Waals surface area contributed by atoms with Gasteiger partial charge >= 0.3 is 0 Å². The van der Waals surface area contributed by atoms with Crippen molar-refractivity contribution in [3.63, 3.8) is 0 Å². The van der Waals surface area contributed by atoms with Crippen LogP contribution in [0.15, 0.2) is 60.8 Å². The molecule has 2 heterocycles. The molecule has 1 aromatic heterocycles. The van der Waals surface area contributed by atoms with E-state index < -0.39 is 0 Å². The number of hydrogen-bond donors (Lipinski definition) is 1.